The number of nitrogens with one attached hydrogen (secondary N) is 1. The lowest BCUT2D eigenvalue weighted by Gasteiger charge is -2.08. The van der Waals surface area contributed by atoms with Crippen molar-refractivity contribution < 1.29 is 13.9 Å². The van der Waals surface area contributed by atoms with Crippen LogP contribution in [-0.4, -0.2) is 12.1 Å². The molecule has 3 aromatic rings. The van der Waals surface area contributed by atoms with Crippen molar-refractivity contribution >= 4 is 12.1 Å². The maximum absolute atomic E-state index is 12.0. The van der Waals surface area contributed by atoms with Gasteiger partial charge in [-0.2, -0.15) is 5.10 Å². The maximum Gasteiger partial charge on any atom is 0.274 e. The van der Waals surface area contributed by atoms with E-state index < -0.39 is 0 Å². The number of aryl methyl sites for hydroxylation is 1. The van der Waals surface area contributed by atoms with Crippen molar-refractivity contribution in [2.45, 2.75) is 13.5 Å². The summed E-state index contributed by atoms with van der Waals surface area (Å²) in [4.78, 5) is 12.0. The van der Waals surface area contributed by atoms with Gasteiger partial charge in [0.1, 0.15) is 18.1 Å². The zero-order valence-electron chi connectivity index (χ0n) is 13.8. The molecule has 0 saturated carbocycles. The van der Waals surface area contributed by atoms with Crippen molar-refractivity contribution in [2.24, 2.45) is 5.10 Å². The summed E-state index contributed by atoms with van der Waals surface area (Å²) in [5.74, 6) is 0.938. The average molecular weight is 334 g/mol. The van der Waals surface area contributed by atoms with E-state index in [1.165, 1.54) is 6.26 Å². The molecule has 1 aromatic heterocycles. The Morgan fingerprint density at radius 1 is 1.12 bits per heavy atom. The van der Waals surface area contributed by atoms with Crippen LogP contribution in [0.5, 0.6) is 5.75 Å². The molecule has 5 nitrogen and oxygen atoms in total. The highest BCUT2D eigenvalue weighted by molar-refractivity contribution is 5.95. The van der Waals surface area contributed by atoms with Gasteiger partial charge < -0.3 is 9.15 Å². The molecule has 1 heterocycles. The minimum Gasteiger partial charge on any atom is -0.488 e. The highest BCUT2D eigenvalue weighted by Gasteiger charge is 2.10. The third-order valence-electron chi connectivity index (χ3n) is 3.63. The first kappa shape index (κ1) is 16.5. The molecule has 5 heteroatoms. The zero-order valence-corrected chi connectivity index (χ0v) is 13.8. The summed E-state index contributed by atoms with van der Waals surface area (Å²) in [5.41, 5.74) is 4.82. The summed E-state index contributed by atoms with van der Waals surface area (Å²) in [6, 6.07) is 19.0. The van der Waals surface area contributed by atoms with E-state index in [2.05, 4.69) is 10.5 Å². The van der Waals surface area contributed by atoms with Gasteiger partial charge in [0.05, 0.1) is 18.0 Å². The summed E-state index contributed by atoms with van der Waals surface area (Å²) < 4.78 is 11.0. The van der Waals surface area contributed by atoms with E-state index in [1.807, 2.05) is 54.6 Å². The Kier molecular flexibility index (Phi) is 5.26. The molecular formula is C20H18N2O3. The second kappa shape index (κ2) is 7.97. The maximum atomic E-state index is 12.0. The number of hydrazone groups is 1. The highest BCUT2D eigenvalue weighted by atomic mass is 16.5. The molecule has 25 heavy (non-hydrogen) atoms. The molecular weight excluding hydrogens is 316 g/mol. The molecule has 1 N–H and O–H groups in total. The fraction of sp³-hybridized carbons (Fsp3) is 0.100. The van der Waals surface area contributed by atoms with Crippen LogP contribution in [0.15, 0.2) is 76.4 Å². The Balaban J connectivity index is 1.64. The van der Waals surface area contributed by atoms with E-state index >= 15 is 0 Å². The second-order valence-electron chi connectivity index (χ2n) is 5.40. The standard InChI is InChI=1S/C20H18N2O3/c1-15-18(11-12-24-15)20(23)22-21-13-17-9-5-6-10-19(17)25-14-16-7-3-2-4-8-16/h2-13H,14H2,1H3,(H,22,23)/b21-13+. The minimum absolute atomic E-state index is 0.315. The van der Waals surface area contributed by atoms with Gasteiger partial charge in [0.25, 0.3) is 5.91 Å². The van der Waals surface area contributed by atoms with E-state index in [-0.39, 0.29) is 5.91 Å². The van der Waals surface area contributed by atoms with Crippen molar-refractivity contribution in [3.63, 3.8) is 0 Å². The first-order valence-corrected chi connectivity index (χ1v) is 7.87. The lowest BCUT2D eigenvalue weighted by atomic mass is 10.2. The molecule has 1 amide bonds. The third-order valence-corrected chi connectivity index (χ3v) is 3.63. The topological polar surface area (TPSA) is 63.8 Å². The average Bonchev–Trinajstić information content (AvgIpc) is 3.08. The van der Waals surface area contributed by atoms with E-state index in [9.17, 15) is 4.79 Å². The SMILES string of the molecule is Cc1occc1C(=O)N/N=C/c1ccccc1OCc1ccccc1. The van der Waals surface area contributed by atoms with Gasteiger partial charge in [-0.15, -0.1) is 0 Å². The van der Waals surface area contributed by atoms with Crippen molar-refractivity contribution in [2.75, 3.05) is 0 Å². The molecule has 3 rings (SSSR count). The normalized spacial score (nSPS) is 10.8. The predicted octanol–water partition coefficient (Wildman–Crippen LogP) is 3.93. The molecule has 0 radical (unpaired) electrons. The minimum atomic E-state index is -0.315. The Bertz CT molecular complexity index is 869. The molecule has 0 fully saturated rings. The Labute approximate surface area is 145 Å². The van der Waals surface area contributed by atoms with Crippen molar-refractivity contribution in [1.29, 1.82) is 0 Å². The number of carbonyl (C=O) groups is 1. The smallest absolute Gasteiger partial charge is 0.274 e. The number of ether oxygens (including phenoxy) is 1. The molecule has 0 atom stereocenters. The number of benzene rings is 2. The Hall–Kier alpha value is -3.34. The summed E-state index contributed by atoms with van der Waals surface area (Å²) in [6.45, 7) is 2.19. The van der Waals surface area contributed by atoms with Crippen molar-refractivity contribution in [3.05, 3.63) is 89.4 Å². The summed E-state index contributed by atoms with van der Waals surface area (Å²) in [7, 11) is 0. The van der Waals surface area contributed by atoms with Crippen LogP contribution < -0.4 is 10.2 Å². The molecule has 2 aromatic carbocycles. The highest BCUT2D eigenvalue weighted by Crippen LogP contribution is 2.17. The first-order chi connectivity index (χ1) is 12.2. The van der Waals surface area contributed by atoms with Crippen molar-refractivity contribution in [3.8, 4) is 5.75 Å². The molecule has 126 valence electrons. The lowest BCUT2D eigenvalue weighted by molar-refractivity contribution is 0.0953. The summed E-state index contributed by atoms with van der Waals surface area (Å²) >= 11 is 0. The van der Waals surface area contributed by atoms with E-state index in [4.69, 9.17) is 9.15 Å². The van der Waals surface area contributed by atoms with Crippen LogP contribution in [0, 0.1) is 6.92 Å². The monoisotopic (exact) mass is 334 g/mol. The van der Waals surface area contributed by atoms with Crippen LogP contribution in [0.4, 0.5) is 0 Å². The molecule has 0 aliphatic carbocycles. The fourth-order valence-electron chi connectivity index (χ4n) is 2.30. The van der Waals surface area contributed by atoms with Gasteiger partial charge in [0.2, 0.25) is 0 Å². The number of hydrogen-bond donors (Lipinski definition) is 1. The van der Waals surface area contributed by atoms with Crippen LogP contribution in [0.25, 0.3) is 0 Å². The van der Waals surface area contributed by atoms with Gasteiger partial charge in [-0.3, -0.25) is 4.79 Å². The fourth-order valence-corrected chi connectivity index (χ4v) is 2.30. The molecule has 0 spiro atoms. The quantitative estimate of drug-likeness (QED) is 0.549. The molecule has 0 bridgehead atoms. The van der Waals surface area contributed by atoms with Crippen LogP contribution >= 0.6 is 0 Å². The number of carbonyl (C=O) groups excluding carboxylic acids is 1. The van der Waals surface area contributed by atoms with Gasteiger partial charge in [0.15, 0.2) is 0 Å². The van der Waals surface area contributed by atoms with Gasteiger partial charge in [-0.05, 0) is 30.7 Å². The van der Waals surface area contributed by atoms with Crippen molar-refractivity contribution in [1.82, 2.24) is 5.43 Å². The Morgan fingerprint density at radius 2 is 1.88 bits per heavy atom. The molecule has 0 aliphatic heterocycles. The van der Waals surface area contributed by atoms with E-state index in [0.717, 1.165) is 11.1 Å². The lowest BCUT2D eigenvalue weighted by Crippen LogP contribution is -2.17. The van der Waals surface area contributed by atoms with Gasteiger partial charge >= 0.3 is 0 Å². The van der Waals surface area contributed by atoms with E-state index in [1.54, 1.807) is 19.2 Å². The van der Waals surface area contributed by atoms with Crippen LogP contribution in [-0.2, 0) is 6.61 Å². The number of nitrogens with zero attached hydrogens (tertiary/aromatic N) is 1. The van der Waals surface area contributed by atoms with Crippen LogP contribution in [0.2, 0.25) is 0 Å². The largest absolute Gasteiger partial charge is 0.488 e. The number of rotatable bonds is 6. The molecule has 0 aliphatic rings. The summed E-state index contributed by atoms with van der Waals surface area (Å²) in [5, 5.41) is 4.01. The molecule has 0 unspecified atom stereocenters. The number of furan rings is 1. The van der Waals surface area contributed by atoms with Gasteiger partial charge in [-0.1, -0.05) is 42.5 Å². The molecule has 0 saturated heterocycles. The van der Waals surface area contributed by atoms with E-state index in [0.29, 0.717) is 23.7 Å². The summed E-state index contributed by atoms with van der Waals surface area (Å²) in [6.07, 6.45) is 3.04. The number of hydrogen-bond acceptors (Lipinski definition) is 4. The van der Waals surface area contributed by atoms with Gasteiger partial charge in [-0.25, -0.2) is 5.43 Å². The van der Waals surface area contributed by atoms with Gasteiger partial charge in [0, 0.05) is 5.56 Å². The van der Waals surface area contributed by atoms with Crippen LogP contribution in [0.3, 0.4) is 0 Å². The number of amides is 1. The predicted molar refractivity (Wildman–Crippen MR) is 95.7 cm³/mol. The Morgan fingerprint density at radius 3 is 2.64 bits per heavy atom. The first-order valence-electron chi connectivity index (χ1n) is 7.87. The zero-order chi connectivity index (χ0) is 17.5. The third kappa shape index (κ3) is 4.35. The number of para-hydroxylation sites is 1. The van der Waals surface area contributed by atoms with Crippen LogP contribution in [0.1, 0.15) is 27.2 Å². The second-order valence-corrected chi connectivity index (χ2v) is 5.40.